The average molecular weight is 352 g/mol. The van der Waals surface area contributed by atoms with E-state index in [9.17, 15) is 18.0 Å². The second kappa shape index (κ2) is 5.71. The van der Waals surface area contributed by atoms with Crippen LogP contribution >= 0.6 is 0 Å². The number of aromatic nitrogens is 4. The lowest BCUT2D eigenvalue weighted by atomic mass is 10.0. The molecule has 10 heteroatoms. The summed E-state index contributed by atoms with van der Waals surface area (Å²) >= 11 is 0. The van der Waals surface area contributed by atoms with Crippen LogP contribution in [-0.4, -0.2) is 57.2 Å². The first-order valence-electron chi connectivity index (χ1n) is 7.84. The summed E-state index contributed by atoms with van der Waals surface area (Å²) in [6.45, 7) is 2.54. The molecule has 2 aromatic heterocycles. The second-order valence-electron chi connectivity index (χ2n) is 6.37. The summed E-state index contributed by atoms with van der Waals surface area (Å²) in [6, 6.07) is 2.46. The Morgan fingerprint density at radius 1 is 1.12 bits per heavy atom. The van der Waals surface area contributed by atoms with Gasteiger partial charge >= 0.3 is 6.18 Å². The van der Waals surface area contributed by atoms with Gasteiger partial charge in [-0.15, -0.1) is 0 Å². The van der Waals surface area contributed by atoms with Crippen molar-refractivity contribution in [1.82, 2.24) is 25.1 Å². The Balaban J connectivity index is 1.40. The number of anilines is 1. The molecule has 2 fully saturated rings. The molecule has 0 aliphatic carbocycles. The molecule has 4 heterocycles. The Morgan fingerprint density at radius 3 is 2.36 bits per heavy atom. The zero-order chi connectivity index (χ0) is 17.6. The van der Waals surface area contributed by atoms with Crippen LogP contribution in [0.3, 0.4) is 0 Å². The van der Waals surface area contributed by atoms with Gasteiger partial charge in [-0.3, -0.25) is 9.89 Å². The van der Waals surface area contributed by atoms with E-state index >= 15 is 0 Å². The maximum absolute atomic E-state index is 12.6. The number of nitrogens with zero attached hydrogens (tertiary/aromatic N) is 5. The number of amides is 1. The van der Waals surface area contributed by atoms with Crippen molar-refractivity contribution in [3.63, 3.8) is 0 Å². The molecule has 2 aliphatic heterocycles. The number of nitrogens with one attached hydrogen (secondary N) is 1. The molecule has 1 N–H and O–H groups in total. The predicted octanol–water partition coefficient (Wildman–Crippen LogP) is 1.43. The summed E-state index contributed by atoms with van der Waals surface area (Å²) in [6.07, 6.45) is -2.22. The first-order chi connectivity index (χ1) is 11.9. The molecule has 0 saturated carbocycles. The van der Waals surface area contributed by atoms with Gasteiger partial charge in [0.2, 0.25) is 5.82 Å². The Labute approximate surface area is 140 Å². The van der Waals surface area contributed by atoms with Crippen molar-refractivity contribution in [3.05, 3.63) is 36.0 Å². The van der Waals surface area contributed by atoms with Crippen molar-refractivity contribution in [2.24, 2.45) is 11.8 Å². The molecule has 2 aliphatic rings. The summed E-state index contributed by atoms with van der Waals surface area (Å²) in [5.41, 5.74) is -0.750. The van der Waals surface area contributed by atoms with Gasteiger partial charge < -0.3 is 9.80 Å². The number of carbonyl (C=O) groups is 1. The monoisotopic (exact) mass is 352 g/mol. The van der Waals surface area contributed by atoms with Gasteiger partial charge in [-0.05, 0) is 12.1 Å². The zero-order valence-electron chi connectivity index (χ0n) is 13.1. The third kappa shape index (κ3) is 2.92. The molecule has 7 nitrogen and oxygen atoms in total. The number of carbonyl (C=O) groups excluding carboxylic acids is 1. The summed E-state index contributed by atoms with van der Waals surface area (Å²) in [5, 5.41) is 6.25. The first kappa shape index (κ1) is 15.9. The van der Waals surface area contributed by atoms with E-state index in [-0.39, 0.29) is 23.6 Å². The van der Waals surface area contributed by atoms with Crippen LogP contribution in [0.5, 0.6) is 0 Å². The standard InChI is InChI=1S/C15H15F3N6O/c16-15(17,18)11-1-2-12(19-3-11)23-4-9-6-24(7-10(9)5-23)14(25)13-20-8-21-22-13/h1-3,8-10H,4-7H2,(H,20,21,22). The molecule has 0 aromatic carbocycles. The van der Waals surface area contributed by atoms with Gasteiger partial charge in [0, 0.05) is 44.2 Å². The van der Waals surface area contributed by atoms with Gasteiger partial charge in [0.05, 0.1) is 5.56 Å². The van der Waals surface area contributed by atoms with Crippen molar-refractivity contribution in [2.75, 3.05) is 31.1 Å². The highest BCUT2D eigenvalue weighted by Gasteiger charge is 2.42. The topological polar surface area (TPSA) is 78.0 Å². The summed E-state index contributed by atoms with van der Waals surface area (Å²) in [4.78, 5) is 23.8. The second-order valence-corrected chi connectivity index (χ2v) is 6.37. The van der Waals surface area contributed by atoms with Crippen LogP contribution in [-0.2, 0) is 6.18 Å². The normalized spacial score (nSPS) is 23.2. The third-order valence-electron chi connectivity index (χ3n) is 4.79. The van der Waals surface area contributed by atoms with Gasteiger partial charge in [-0.2, -0.15) is 18.3 Å². The largest absolute Gasteiger partial charge is 0.417 e. The Morgan fingerprint density at radius 2 is 1.84 bits per heavy atom. The summed E-state index contributed by atoms with van der Waals surface area (Å²) in [7, 11) is 0. The van der Waals surface area contributed by atoms with Crippen LogP contribution in [0.25, 0.3) is 0 Å². The molecular formula is C15H15F3N6O. The number of hydrogen-bond donors (Lipinski definition) is 1. The molecule has 2 aromatic rings. The van der Waals surface area contributed by atoms with Gasteiger partial charge in [-0.1, -0.05) is 0 Å². The fraction of sp³-hybridized carbons (Fsp3) is 0.467. The van der Waals surface area contributed by atoms with E-state index in [1.54, 1.807) is 4.90 Å². The molecule has 25 heavy (non-hydrogen) atoms. The highest BCUT2D eigenvalue weighted by atomic mass is 19.4. The highest BCUT2D eigenvalue weighted by Crippen LogP contribution is 2.35. The maximum atomic E-state index is 12.6. The van der Waals surface area contributed by atoms with Crippen LogP contribution in [0, 0.1) is 11.8 Å². The Kier molecular flexibility index (Phi) is 3.62. The quantitative estimate of drug-likeness (QED) is 0.885. The maximum Gasteiger partial charge on any atom is 0.417 e. The lowest BCUT2D eigenvalue weighted by Gasteiger charge is -2.22. The van der Waals surface area contributed by atoms with E-state index in [0.717, 1.165) is 12.3 Å². The van der Waals surface area contributed by atoms with E-state index in [1.165, 1.54) is 12.4 Å². The molecule has 2 saturated heterocycles. The number of alkyl halides is 3. The van der Waals surface area contributed by atoms with E-state index in [0.29, 0.717) is 32.0 Å². The molecule has 2 atom stereocenters. The van der Waals surface area contributed by atoms with Crippen molar-refractivity contribution in [2.45, 2.75) is 6.18 Å². The van der Waals surface area contributed by atoms with Crippen molar-refractivity contribution >= 4 is 11.7 Å². The van der Waals surface area contributed by atoms with E-state index in [4.69, 9.17) is 0 Å². The first-order valence-corrected chi connectivity index (χ1v) is 7.84. The smallest absolute Gasteiger partial charge is 0.356 e. The number of pyridine rings is 1. The average Bonchev–Trinajstić information content (AvgIpc) is 3.29. The van der Waals surface area contributed by atoms with Gasteiger partial charge in [0.25, 0.3) is 5.91 Å². The predicted molar refractivity (Wildman–Crippen MR) is 80.7 cm³/mol. The minimum absolute atomic E-state index is 0.175. The SMILES string of the molecule is O=C(c1ncn[nH]1)N1CC2CN(c3ccc(C(F)(F)F)cn3)CC2C1. The fourth-order valence-electron chi connectivity index (χ4n) is 3.55. The summed E-state index contributed by atoms with van der Waals surface area (Å²) < 4.78 is 37.9. The van der Waals surface area contributed by atoms with Crippen LogP contribution < -0.4 is 4.90 Å². The minimum atomic E-state index is -4.38. The van der Waals surface area contributed by atoms with E-state index in [2.05, 4.69) is 20.2 Å². The van der Waals surface area contributed by atoms with Gasteiger partial charge in [-0.25, -0.2) is 9.97 Å². The lowest BCUT2D eigenvalue weighted by Crippen LogP contribution is -2.34. The number of H-pyrrole nitrogens is 1. The number of fused-ring (bicyclic) bond motifs is 1. The highest BCUT2D eigenvalue weighted by molar-refractivity contribution is 5.90. The molecule has 2 unspecified atom stereocenters. The Bertz CT molecular complexity index is 747. The van der Waals surface area contributed by atoms with Crippen LogP contribution in [0.4, 0.5) is 19.0 Å². The number of rotatable bonds is 2. The molecular weight excluding hydrogens is 337 g/mol. The zero-order valence-corrected chi connectivity index (χ0v) is 13.1. The number of halogens is 3. The number of aromatic amines is 1. The van der Waals surface area contributed by atoms with E-state index < -0.39 is 11.7 Å². The molecule has 0 spiro atoms. The molecule has 132 valence electrons. The Hall–Kier alpha value is -2.65. The fourth-order valence-corrected chi connectivity index (χ4v) is 3.55. The van der Waals surface area contributed by atoms with Crippen molar-refractivity contribution in [1.29, 1.82) is 0 Å². The number of hydrogen-bond acceptors (Lipinski definition) is 5. The summed E-state index contributed by atoms with van der Waals surface area (Å²) in [5.74, 6) is 1.13. The number of likely N-dealkylation sites (tertiary alicyclic amines) is 1. The lowest BCUT2D eigenvalue weighted by molar-refractivity contribution is -0.137. The van der Waals surface area contributed by atoms with Gasteiger partial charge in [0.1, 0.15) is 12.1 Å². The van der Waals surface area contributed by atoms with Crippen LogP contribution in [0.15, 0.2) is 24.7 Å². The van der Waals surface area contributed by atoms with E-state index in [1.807, 2.05) is 4.90 Å². The third-order valence-corrected chi connectivity index (χ3v) is 4.79. The molecule has 0 radical (unpaired) electrons. The van der Waals surface area contributed by atoms with Gasteiger partial charge in [0.15, 0.2) is 0 Å². The molecule has 1 amide bonds. The molecule has 4 rings (SSSR count). The van der Waals surface area contributed by atoms with Crippen LogP contribution in [0.1, 0.15) is 16.2 Å². The molecule has 0 bridgehead atoms. The minimum Gasteiger partial charge on any atom is -0.356 e. The van der Waals surface area contributed by atoms with Crippen molar-refractivity contribution < 1.29 is 18.0 Å². The van der Waals surface area contributed by atoms with Crippen LogP contribution in [0.2, 0.25) is 0 Å². The van der Waals surface area contributed by atoms with Crippen molar-refractivity contribution in [3.8, 4) is 0 Å².